The van der Waals surface area contributed by atoms with Crippen LogP contribution < -0.4 is 0 Å². The molecule has 1 fully saturated rings. The summed E-state index contributed by atoms with van der Waals surface area (Å²) < 4.78 is 5.41. The molecule has 1 atom stereocenters. The number of ether oxygens (including phenoxy) is 1. The number of piperidine rings is 1. The van der Waals surface area contributed by atoms with Gasteiger partial charge in [-0.15, -0.1) is 0 Å². The van der Waals surface area contributed by atoms with Gasteiger partial charge in [-0.25, -0.2) is 4.79 Å². The third-order valence-corrected chi connectivity index (χ3v) is 3.81. The van der Waals surface area contributed by atoms with Crippen LogP contribution in [0.4, 0.5) is 4.79 Å². The molecule has 1 aliphatic rings. The third-order valence-electron chi connectivity index (χ3n) is 2.49. The summed E-state index contributed by atoms with van der Waals surface area (Å²) in [5.74, 6) is 0. The molecule has 17 heavy (non-hydrogen) atoms. The number of amides is 1. The van der Waals surface area contributed by atoms with E-state index in [-0.39, 0.29) is 6.09 Å². The van der Waals surface area contributed by atoms with Crippen molar-refractivity contribution >= 4 is 17.9 Å². The van der Waals surface area contributed by atoms with Crippen LogP contribution in [0.15, 0.2) is 0 Å². The lowest BCUT2D eigenvalue weighted by Gasteiger charge is -2.34. The van der Waals surface area contributed by atoms with Crippen molar-refractivity contribution in [3.63, 3.8) is 0 Å². The first-order valence-corrected chi connectivity index (χ1v) is 7.35. The fraction of sp³-hybridized carbons (Fsp3) is 0.923. The minimum atomic E-state index is -0.394. The molecule has 0 N–H and O–H groups in total. The Hall–Kier alpha value is -0.380. The number of carbonyl (C=O) groups is 1. The topological polar surface area (TPSA) is 29.5 Å². The molecule has 1 saturated heterocycles. The highest BCUT2D eigenvalue weighted by atomic mass is 32.2. The van der Waals surface area contributed by atoms with E-state index in [0.717, 1.165) is 19.5 Å². The quantitative estimate of drug-likeness (QED) is 0.760. The van der Waals surface area contributed by atoms with E-state index in [1.54, 1.807) is 0 Å². The summed E-state index contributed by atoms with van der Waals surface area (Å²) in [6.45, 7) is 11.8. The van der Waals surface area contributed by atoms with Crippen LogP contribution in [0.5, 0.6) is 0 Å². The number of rotatable bonds is 2. The molecule has 0 radical (unpaired) electrons. The van der Waals surface area contributed by atoms with Crippen molar-refractivity contribution in [2.45, 2.75) is 63.6 Å². The summed E-state index contributed by atoms with van der Waals surface area (Å²) in [6, 6.07) is 0. The molecule has 1 unspecified atom stereocenters. The van der Waals surface area contributed by atoms with Gasteiger partial charge < -0.3 is 9.64 Å². The molecule has 0 aliphatic carbocycles. The fourth-order valence-corrected chi connectivity index (χ4v) is 3.27. The lowest BCUT2D eigenvalue weighted by molar-refractivity contribution is 0.0220. The van der Waals surface area contributed by atoms with Crippen LogP contribution >= 0.6 is 11.8 Å². The summed E-state index contributed by atoms with van der Waals surface area (Å²) in [5.41, 5.74) is -0.394. The van der Waals surface area contributed by atoms with E-state index in [2.05, 4.69) is 13.8 Å². The Morgan fingerprint density at radius 3 is 2.59 bits per heavy atom. The van der Waals surface area contributed by atoms with Crippen molar-refractivity contribution in [3.8, 4) is 0 Å². The molecule has 0 aromatic heterocycles. The second-order valence-electron chi connectivity index (χ2n) is 5.88. The summed E-state index contributed by atoms with van der Waals surface area (Å²) >= 11 is 1.97. The van der Waals surface area contributed by atoms with Gasteiger partial charge in [-0.1, -0.05) is 13.8 Å². The van der Waals surface area contributed by atoms with Gasteiger partial charge in [0.15, 0.2) is 0 Å². The van der Waals surface area contributed by atoms with Crippen molar-refractivity contribution in [1.82, 2.24) is 4.90 Å². The smallest absolute Gasteiger partial charge is 0.410 e. The number of carbonyl (C=O) groups excluding carboxylic acids is 1. The highest BCUT2D eigenvalue weighted by Gasteiger charge is 2.28. The number of thioether (sulfide) groups is 1. The van der Waals surface area contributed by atoms with Gasteiger partial charge in [0.05, 0.1) is 0 Å². The average Bonchev–Trinajstić information content (AvgIpc) is 2.14. The molecule has 0 aromatic rings. The Kier molecular flexibility index (Phi) is 5.17. The van der Waals surface area contributed by atoms with Crippen molar-refractivity contribution in [2.24, 2.45) is 0 Å². The van der Waals surface area contributed by atoms with Crippen LogP contribution in [0.25, 0.3) is 0 Å². The van der Waals surface area contributed by atoms with Gasteiger partial charge in [0.25, 0.3) is 0 Å². The van der Waals surface area contributed by atoms with E-state index < -0.39 is 5.60 Å². The summed E-state index contributed by atoms with van der Waals surface area (Å²) in [7, 11) is 0. The Labute approximate surface area is 109 Å². The molecule has 0 saturated carbocycles. The first-order chi connectivity index (χ1) is 7.78. The molecule has 3 nitrogen and oxygen atoms in total. The largest absolute Gasteiger partial charge is 0.444 e. The molecule has 1 rings (SSSR count). The van der Waals surface area contributed by atoms with Crippen LogP contribution in [0.1, 0.15) is 47.5 Å². The lowest BCUT2D eigenvalue weighted by Crippen LogP contribution is -2.44. The minimum Gasteiger partial charge on any atom is -0.444 e. The first-order valence-electron chi connectivity index (χ1n) is 6.41. The van der Waals surface area contributed by atoms with Crippen LogP contribution in [-0.2, 0) is 4.74 Å². The Morgan fingerprint density at radius 1 is 1.41 bits per heavy atom. The molecule has 1 heterocycles. The van der Waals surface area contributed by atoms with Crippen molar-refractivity contribution < 1.29 is 9.53 Å². The van der Waals surface area contributed by atoms with E-state index in [9.17, 15) is 4.79 Å². The molecular weight excluding hydrogens is 234 g/mol. The van der Waals surface area contributed by atoms with E-state index in [0.29, 0.717) is 10.5 Å². The van der Waals surface area contributed by atoms with Crippen LogP contribution in [0.3, 0.4) is 0 Å². The first kappa shape index (κ1) is 14.7. The van der Waals surface area contributed by atoms with Gasteiger partial charge in [0, 0.05) is 18.3 Å². The molecular formula is C13H25NO2S. The van der Waals surface area contributed by atoms with Gasteiger partial charge in [-0.3, -0.25) is 0 Å². The number of hydrogen-bond acceptors (Lipinski definition) is 3. The van der Waals surface area contributed by atoms with Gasteiger partial charge in [0.1, 0.15) is 5.60 Å². The monoisotopic (exact) mass is 259 g/mol. The minimum absolute atomic E-state index is 0.161. The van der Waals surface area contributed by atoms with E-state index in [4.69, 9.17) is 4.74 Å². The average molecular weight is 259 g/mol. The molecule has 0 aromatic carbocycles. The lowest BCUT2D eigenvalue weighted by atomic mass is 10.1. The fourth-order valence-electron chi connectivity index (χ4n) is 1.93. The molecule has 1 amide bonds. The maximum atomic E-state index is 11.9. The Morgan fingerprint density at radius 2 is 2.06 bits per heavy atom. The zero-order valence-corrected chi connectivity index (χ0v) is 12.5. The Bertz CT molecular complexity index is 261. The maximum Gasteiger partial charge on any atom is 0.410 e. The van der Waals surface area contributed by atoms with E-state index in [1.807, 2.05) is 37.4 Å². The Balaban J connectivity index is 2.46. The highest BCUT2D eigenvalue weighted by Crippen LogP contribution is 2.26. The molecule has 0 bridgehead atoms. The van der Waals surface area contributed by atoms with Crippen LogP contribution in [0.2, 0.25) is 0 Å². The number of likely N-dealkylation sites (tertiary alicyclic amines) is 1. The zero-order chi connectivity index (χ0) is 13.1. The zero-order valence-electron chi connectivity index (χ0n) is 11.7. The van der Waals surface area contributed by atoms with Crippen LogP contribution in [-0.4, -0.2) is 40.2 Å². The molecule has 100 valence electrons. The van der Waals surface area contributed by atoms with Gasteiger partial charge in [-0.2, -0.15) is 11.8 Å². The summed E-state index contributed by atoms with van der Waals surface area (Å²) in [5, 5.41) is 1.19. The van der Waals surface area contributed by atoms with E-state index >= 15 is 0 Å². The normalized spacial score (nSPS) is 21.8. The van der Waals surface area contributed by atoms with Crippen LogP contribution in [0, 0.1) is 0 Å². The standard InChI is InChI=1S/C13H25NO2S/c1-10(2)17-11-7-6-8-14(9-11)12(15)16-13(3,4)5/h10-11H,6-9H2,1-5H3. The maximum absolute atomic E-state index is 11.9. The summed E-state index contributed by atoms with van der Waals surface area (Å²) in [6.07, 6.45) is 2.14. The molecule has 0 spiro atoms. The SMILES string of the molecule is CC(C)SC1CCCN(C(=O)OC(C)(C)C)C1. The van der Waals surface area contributed by atoms with Gasteiger partial charge >= 0.3 is 6.09 Å². The predicted molar refractivity (Wildman–Crippen MR) is 73.6 cm³/mol. The number of hydrogen-bond donors (Lipinski definition) is 0. The highest BCUT2D eigenvalue weighted by molar-refractivity contribution is 8.00. The molecule has 1 aliphatic heterocycles. The van der Waals surface area contributed by atoms with Crippen molar-refractivity contribution in [3.05, 3.63) is 0 Å². The van der Waals surface area contributed by atoms with Crippen molar-refractivity contribution in [1.29, 1.82) is 0 Å². The molecule has 4 heteroatoms. The van der Waals surface area contributed by atoms with Gasteiger partial charge in [-0.05, 0) is 38.9 Å². The predicted octanol–water partition coefficient (Wildman–Crippen LogP) is 3.53. The third kappa shape index (κ3) is 5.66. The van der Waals surface area contributed by atoms with Crippen molar-refractivity contribution in [2.75, 3.05) is 13.1 Å². The van der Waals surface area contributed by atoms with Gasteiger partial charge in [0.2, 0.25) is 0 Å². The second-order valence-corrected chi connectivity index (χ2v) is 7.76. The van der Waals surface area contributed by atoms with E-state index in [1.165, 1.54) is 6.42 Å². The summed E-state index contributed by atoms with van der Waals surface area (Å²) in [4.78, 5) is 13.8. The number of nitrogens with zero attached hydrogens (tertiary/aromatic N) is 1. The second kappa shape index (κ2) is 5.98.